The van der Waals surface area contributed by atoms with Crippen LogP contribution in [0.3, 0.4) is 0 Å². The Balaban J connectivity index is 2.03. The number of hydrogen-bond acceptors (Lipinski definition) is 5. The number of amidine groups is 1. The van der Waals surface area contributed by atoms with Crippen LogP contribution in [0.15, 0.2) is 58.7 Å². The lowest BCUT2D eigenvalue weighted by Gasteiger charge is -2.12. The SMILES string of the molecule is CCOC(=O)CCCc1ccc(/C(N)=N/O)c2ccn(S(=O)c3ccc(C)cc3)c12. The number of carbonyl (C=O) groups excluding carboxylic acids is 1. The summed E-state index contributed by atoms with van der Waals surface area (Å²) in [6, 6.07) is 13.0. The first-order valence-electron chi connectivity index (χ1n) is 9.71. The highest BCUT2D eigenvalue weighted by molar-refractivity contribution is 7.83. The van der Waals surface area contributed by atoms with Gasteiger partial charge in [0.1, 0.15) is 0 Å². The normalized spacial score (nSPS) is 12.8. The first-order chi connectivity index (χ1) is 14.5. The molecule has 2 aromatic carbocycles. The predicted octanol–water partition coefficient (Wildman–Crippen LogP) is 3.50. The van der Waals surface area contributed by atoms with Crippen LogP contribution in [-0.4, -0.2) is 31.8 Å². The maximum atomic E-state index is 13.3. The fourth-order valence-electron chi connectivity index (χ4n) is 3.34. The zero-order valence-corrected chi connectivity index (χ0v) is 17.8. The topological polar surface area (TPSA) is 107 Å². The van der Waals surface area contributed by atoms with Crippen molar-refractivity contribution in [1.29, 1.82) is 0 Å². The van der Waals surface area contributed by atoms with E-state index in [1.807, 2.05) is 43.3 Å². The Labute approximate surface area is 177 Å². The zero-order valence-electron chi connectivity index (χ0n) is 17.0. The highest BCUT2D eigenvalue weighted by atomic mass is 32.2. The number of esters is 1. The van der Waals surface area contributed by atoms with E-state index >= 15 is 0 Å². The minimum atomic E-state index is -1.47. The van der Waals surface area contributed by atoms with Gasteiger partial charge in [-0.1, -0.05) is 35.0 Å². The number of nitrogens with zero attached hydrogens (tertiary/aromatic N) is 2. The highest BCUT2D eigenvalue weighted by Crippen LogP contribution is 2.28. The van der Waals surface area contributed by atoms with Crippen LogP contribution in [0.2, 0.25) is 0 Å². The summed E-state index contributed by atoms with van der Waals surface area (Å²) in [4.78, 5) is 12.4. The van der Waals surface area contributed by atoms with E-state index in [1.54, 1.807) is 23.2 Å². The third-order valence-corrected chi connectivity index (χ3v) is 6.15. The Morgan fingerprint density at radius 2 is 1.93 bits per heavy atom. The minimum absolute atomic E-state index is 0.0167. The lowest BCUT2D eigenvalue weighted by atomic mass is 10.0. The van der Waals surface area contributed by atoms with Gasteiger partial charge in [0.05, 0.1) is 17.0 Å². The molecule has 0 spiro atoms. The van der Waals surface area contributed by atoms with Crippen molar-refractivity contribution in [3.05, 3.63) is 65.4 Å². The van der Waals surface area contributed by atoms with E-state index in [0.29, 0.717) is 36.3 Å². The predicted molar refractivity (Wildman–Crippen MR) is 117 cm³/mol. The molecule has 0 bridgehead atoms. The summed E-state index contributed by atoms with van der Waals surface area (Å²) in [7, 11) is -1.47. The molecule has 1 aromatic heterocycles. The van der Waals surface area contributed by atoms with E-state index in [4.69, 9.17) is 15.7 Å². The van der Waals surface area contributed by atoms with Crippen LogP contribution < -0.4 is 5.73 Å². The summed E-state index contributed by atoms with van der Waals surface area (Å²) in [6.45, 7) is 4.11. The second-order valence-corrected chi connectivity index (χ2v) is 8.25. The number of aromatic nitrogens is 1. The minimum Gasteiger partial charge on any atom is -0.466 e. The summed E-state index contributed by atoms with van der Waals surface area (Å²) in [6.07, 6.45) is 3.24. The number of fused-ring (bicyclic) bond motifs is 1. The molecule has 8 heteroatoms. The van der Waals surface area contributed by atoms with Crippen molar-refractivity contribution in [2.45, 2.75) is 38.0 Å². The first kappa shape index (κ1) is 21.6. The van der Waals surface area contributed by atoms with E-state index < -0.39 is 11.0 Å². The monoisotopic (exact) mass is 427 g/mol. The summed E-state index contributed by atoms with van der Waals surface area (Å²) < 4.78 is 20.0. The average molecular weight is 428 g/mol. The third-order valence-electron chi connectivity index (χ3n) is 4.81. The number of carbonyl (C=O) groups is 1. The average Bonchev–Trinajstić information content (AvgIpc) is 3.19. The number of oxime groups is 1. The molecule has 30 heavy (non-hydrogen) atoms. The fourth-order valence-corrected chi connectivity index (χ4v) is 4.49. The van der Waals surface area contributed by atoms with E-state index in [1.165, 1.54) is 0 Å². The third kappa shape index (κ3) is 4.54. The van der Waals surface area contributed by atoms with E-state index in [2.05, 4.69) is 5.16 Å². The fraction of sp³-hybridized carbons (Fsp3) is 0.273. The molecule has 1 heterocycles. The van der Waals surface area contributed by atoms with Crippen molar-refractivity contribution in [3.8, 4) is 0 Å². The van der Waals surface area contributed by atoms with Gasteiger partial charge in [-0.25, -0.2) is 4.21 Å². The van der Waals surface area contributed by atoms with Crippen molar-refractivity contribution in [2.75, 3.05) is 6.61 Å². The van der Waals surface area contributed by atoms with Crippen LogP contribution in [0.5, 0.6) is 0 Å². The van der Waals surface area contributed by atoms with Crippen molar-refractivity contribution in [2.24, 2.45) is 10.9 Å². The Morgan fingerprint density at radius 3 is 2.60 bits per heavy atom. The maximum Gasteiger partial charge on any atom is 0.305 e. The van der Waals surface area contributed by atoms with Crippen LogP contribution in [-0.2, 0) is 26.9 Å². The molecule has 3 aromatic rings. The van der Waals surface area contributed by atoms with Gasteiger partial charge in [-0.3, -0.25) is 8.77 Å². The van der Waals surface area contributed by atoms with Gasteiger partial charge in [-0.2, -0.15) is 0 Å². The lowest BCUT2D eigenvalue weighted by molar-refractivity contribution is -0.143. The van der Waals surface area contributed by atoms with Crippen LogP contribution in [0, 0.1) is 6.92 Å². The van der Waals surface area contributed by atoms with Crippen LogP contribution in [0.1, 0.15) is 36.5 Å². The van der Waals surface area contributed by atoms with Crippen LogP contribution in [0.25, 0.3) is 10.9 Å². The first-order valence-corrected chi connectivity index (χ1v) is 10.8. The maximum absolute atomic E-state index is 13.3. The van der Waals surface area contributed by atoms with Gasteiger partial charge in [0.2, 0.25) is 0 Å². The molecule has 0 radical (unpaired) electrons. The molecule has 3 N–H and O–H groups in total. The number of benzene rings is 2. The Bertz CT molecular complexity index is 1100. The molecule has 1 unspecified atom stereocenters. The number of aryl methyl sites for hydroxylation is 2. The van der Waals surface area contributed by atoms with Crippen molar-refractivity contribution in [3.63, 3.8) is 0 Å². The number of rotatable bonds is 8. The number of nitrogens with two attached hydrogens (primary N) is 1. The quantitative estimate of drug-likeness (QED) is 0.188. The van der Waals surface area contributed by atoms with E-state index in [-0.39, 0.29) is 11.8 Å². The molecule has 7 nitrogen and oxygen atoms in total. The summed E-state index contributed by atoms with van der Waals surface area (Å²) in [5, 5.41) is 13.0. The second kappa shape index (κ2) is 9.58. The molecule has 1 atom stereocenters. The second-order valence-electron chi connectivity index (χ2n) is 6.88. The molecule has 0 saturated heterocycles. The summed E-state index contributed by atoms with van der Waals surface area (Å²) in [5.41, 5.74) is 9.16. The van der Waals surface area contributed by atoms with E-state index in [9.17, 15) is 9.00 Å². The molecule has 0 fully saturated rings. The summed E-state index contributed by atoms with van der Waals surface area (Å²) >= 11 is 0. The molecule has 3 rings (SSSR count). The zero-order chi connectivity index (χ0) is 21.7. The molecular weight excluding hydrogens is 402 g/mol. The van der Waals surface area contributed by atoms with Crippen LogP contribution in [0.4, 0.5) is 0 Å². The standard InChI is InChI=1S/C22H25N3O4S/c1-3-29-20(26)6-4-5-16-9-12-19(22(23)24-27)18-13-14-25(21(16)18)30(28)17-10-7-15(2)8-11-17/h7-14,27H,3-6H2,1-2H3,(H2,23,24). The largest absolute Gasteiger partial charge is 0.466 e. The van der Waals surface area contributed by atoms with Gasteiger partial charge in [0.25, 0.3) is 0 Å². The molecule has 0 saturated carbocycles. The molecule has 0 aliphatic heterocycles. The van der Waals surface area contributed by atoms with E-state index in [0.717, 1.165) is 22.0 Å². The van der Waals surface area contributed by atoms with Gasteiger partial charge < -0.3 is 15.7 Å². The molecule has 0 aliphatic rings. The van der Waals surface area contributed by atoms with Crippen molar-refractivity contribution >= 4 is 33.7 Å². The summed E-state index contributed by atoms with van der Waals surface area (Å²) in [5.74, 6) is -0.252. The van der Waals surface area contributed by atoms with Gasteiger partial charge in [-0.15, -0.1) is 0 Å². The number of ether oxygens (including phenoxy) is 1. The highest BCUT2D eigenvalue weighted by Gasteiger charge is 2.17. The molecule has 0 amide bonds. The Morgan fingerprint density at radius 1 is 1.20 bits per heavy atom. The van der Waals surface area contributed by atoms with Gasteiger partial charge in [0.15, 0.2) is 16.8 Å². The molecule has 0 aliphatic carbocycles. The van der Waals surface area contributed by atoms with Crippen molar-refractivity contribution in [1.82, 2.24) is 3.97 Å². The van der Waals surface area contributed by atoms with Gasteiger partial charge in [-0.05, 0) is 50.5 Å². The van der Waals surface area contributed by atoms with Gasteiger partial charge >= 0.3 is 5.97 Å². The molecular formula is C22H25N3O4S. The smallest absolute Gasteiger partial charge is 0.305 e. The van der Waals surface area contributed by atoms with Gasteiger partial charge in [0, 0.05) is 23.6 Å². The number of hydrogen-bond donors (Lipinski definition) is 2. The van der Waals surface area contributed by atoms with Crippen molar-refractivity contribution < 1.29 is 18.9 Å². The molecule has 158 valence electrons. The lowest BCUT2D eigenvalue weighted by Crippen LogP contribution is -2.14. The Hall–Kier alpha value is -3.13. The Kier molecular flexibility index (Phi) is 6.89. The van der Waals surface area contributed by atoms with Crippen LogP contribution >= 0.6 is 0 Å².